The molecule has 25 heavy (non-hydrogen) atoms. The van der Waals surface area contributed by atoms with E-state index in [1.165, 1.54) is 18.2 Å². The second kappa shape index (κ2) is 6.45. The smallest absolute Gasteiger partial charge is 0.273 e. The number of sulfonamides is 1. The zero-order chi connectivity index (χ0) is 18.2. The van der Waals surface area contributed by atoms with E-state index in [1.54, 1.807) is 36.4 Å². The van der Waals surface area contributed by atoms with Gasteiger partial charge < -0.3 is 0 Å². The summed E-state index contributed by atoms with van der Waals surface area (Å²) in [5.74, 6) is 0. The molecule has 6 nitrogen and oxygen atoms in total. The van der Waals surface area contributed by atoms with Gasteiger partial charge in [0.2, 0.25) is 0 Å². The second-order valence-corrected chi connectivity index (χ2v) is 8.10. The molecule has 0 amide bonds. The summed E-state index contributed by atoms with van der Waals surface area (Å²) in [7, 11) is -3.93. The fraction of sp³-hybridized carbons (Fsp3) is 0.0588. The van der Waals surface area contributed by atoms with Gasteiger partial charge in [-0.15, -0.1) is 0 Å². The third-order valence-corrected chi connectivity index (χ3v) is 5.59. The minimum atomic E-state index is -3.93. The zero-order valence-electron chi connectivity index (χ0n) is 13.1. The van der Waals surface area contributed by atoms with Gasteiger partial charge in [-0.2, -0.15) is 0 Å². The number of hydrogen-bond donors (Lipinski definition) is 1. The van der Waals surface area contributed by atoms with E-state index in [0.29, 0.717) is 10.8 Å². The summed E-state index contributed by atoms with van der Waals surface area (Å²) in [6, 6.07) is 14.3. The molecule has 0 saturated heterocycles. The molecule has 3 aromatic carbocycles. The van der Waals surface area contributed by atoms with Gasteiger partial charge in [-0.1, -0.05) is 39.7 Å². The number of aryl methyl sites for hydroxylation is 1. The van der Waals surface area contributed by atoms with Crippen molar-refractivity contribution >= 4 is 48.1 Å². The summed E-state index contributed by atoms with van der Waals surface area (Å²) >= 11 is 3.32. The maximum Gasteiger partial charge on any atom is 0.301 e. The topological polar surface area (TPSA) is 89.3 Å². The number of hydrogen-bond acceptors (Lipinski definition) is 4. The molecule has 8 heteroatoms. The van der Waals surface area contributed by atoms with Gasteiger partial charge >= 0.3 is 5.69 Å². The lowest BCUT2D eigenvalue weighted by molar-refractivity contribution is -0.382. The van der Waals surface area contributed by atoms with E-state index < -0.39 is 14.9 Å². The van der Waals surface area contributed by atoms with E-state index >= 15 is 0 Å². The molecule has 0 aliphatic rings. The largest absolute Gasteiger partial charge is 0.301 e. The van der Waals surface area contributed by atoms with E-state index in [0.717, 1.165) is 10.0 Å². The van der Waals surface area contributed by atoms with Crippen LogP contribution in [0.4, 0.5) is 11.4 Å². The van der Waals surface area contributed by atoms with Crippen LogP contribution in [0.2, 0.25) is 0 Å². The third-order valence-electron chi connectivity index (χ3n) is 3.71. The Morgan fingerprint density at radius 1 is 1.04 bits per heavy atom. The van der Waals surface area contributed by atoms with Crippen LogP contribution in [0.15, 0.2) is 64.0 Å². The molecule has 0 radical (unpaired) electrons. The maximum atomic E-state index is 12.5. The Hall–Kier alpha value is -2.45. The average Bonchev–Trinajstić information content (AvgIpc) is 2.54. The maximum absolute atomic E-state index is 12.5. The first-order valence-corrected chi connectivity index (χ1v) is 9.52. The normalized spacial score (nSPS) is 11.4. The Balaban J connectivity index is 2.12. The number of anilines is 1. The van der Waals surface area contributed by atoms with Crippen molar-refractivity contribution in [2.75, 3.05) is 4.72 Å². The van der Waals surface area contributed by atoms with Crippen LogP contribution in [0.1, 0.15) is 5.56 Å². The van der Waals surface area contributed by atoms with Gasteiger partial charge in [0, 0.05) is 4.47 Å². The first kappa shape index (κ1) is 17.4. The molecular formula is C17H13BrN2O4S. The molecule has 0 bridgehead atoms. The highest BCUT2D eigenvalue weighted by atomic mass is 79.9. The highest BCUT2D eigenvalue weighted by Gasteiger charge is 2.23. The lowest BCUT2D eigenvalue weighted by Crippen LogP contribution is -2.14. The van der Waals surface area contributed by atoms with E-state index in [-0.39, 0.29) is 16.3 Å². The van der Waals surface area contributed by atoms with Gasteiger partial charge in [-0.3, -0.25) is 14.8 Å². The standard InChI is InChI=1S/C17H13BrN2O4S/c1-11-2-6-14(7-3-11)25(23,24)19-16-9-4-12-10-13(18)5-8-15(12)17(16)20(21)22/h2-10,19H,1H3. The van der Waals surface area contributed by atoms with Gasteiger partial charge in [0.25, 0.3) is 10.0 Å². The highest BCUT2D eigenvalue weighted by molar-refractivity contribution is 9.10. The van der Waals surface area contributed by atoms with Crippen molar-refractivity contribution < 1.29 is 13.3 Å². The molecule has 0 saturated carbocycles. The summed E-state index contributed by atoms with van der Waals surface area (Å²) in [6.07, 6.45) is 0. The lowest BCUT2D eigenvalue weighted by Gasteiger charge is -2.10. The number of fused-ring (bicyclic) bond motifs is 1. The first-order valence-electron chi connectivity index (χ1n) is 7.24. The fourth-order valence-corrected chi connectivity index (χ4v) is 3.93. The number of nitrogens with one attached hydrogen (secondary N) is 1. The van der Waals surface area contributed by atoms with Crippen molar-refractivity contribution in [3.63, 3.8) is 0 Å². The number of nitro groups is 1. The molecule has 128 valence electrons. The number of nitrogens with zero attached hydrogens (tertiary/aromatic N) is 1. The predicted octanol–water partition coefficient (Wildman–Crippen LogP) is 4.62. The number of rotatable bonds is 4. The molecule has 0 fully saturated rings. The van der Waals surface area contributed by atoms with Crippen molar-refractivity contribution in [2.45, 2.75) is 11.8 Å². The Bertz CT molecular complexity index is 1080. The van der Waals surface area contributed by atoms with Crippen molar-refractivity contribution in [2.24, 2.45) is 0 Å². The predicted molar refractivity (Wildman–Crippen MR) is 100 cm³/mol. The molecule has 3 rings (SSSR count). The number of nitro benzene ring substituents is 1. The molecule has 0 aliphatic carbocycles. The summed E-state index contributed by atoms with van der Waals surface area (Å²) in [5, 5.41) is 12.5. The summed E-state index contributed by atoms with van der Waals surface area (Å²) < 4.78 is 28.2. The highest BCUT2D eigenvalue weighted by Crippen LogP contribution is 2.35. The molecule has 0 unspecified atom stereocenters. The molecular weight excluding hydrogens is 408 g/mol. The Kier molecular flexibility index (Phi) is 4.49. The average molecular weight is 421 g/mol. The van der Waals surface area contributed by atoms with E-state index in [1.807, 2.05) is 6.92 Å². The van der Waals surface area contributed by atoms with Crippen molar-refractivity contribution in [1.82, 2.24) is 0 Å². The molecule has 0 spiro atoms. The van der Waals surface area contributed by atoms with Crippen molar-refractivity contribution in [3.05, 3.63) is 74.7 Å². The first-order chi connectivity index (χ1) is 11.8. The molecule has 0 aromatic heterocycles. The van der Waals surface area contributed by atoms with Crippen LogP contribution < -0.4 is 4.72 Å². The van der Waals surface area contributed by atoms with Crippen LogP contribution in [-0.4, -0.2) is 13.3 Å². The third kappa shape index (κ3) is 3.49. The molecule has 0 aliphatic heterocycles. The van der Waals surface area contributed by atoms with E-state index in [2.05, 4.69) is 20.7 Å². The van der Waals surface area contributed by atoms with Crippen LogP contribution >= 0.6 is 15.9 Å². The van der Waals surface area contributed by atoms with E-state index in [4.69, 9.17) is 0 Å². The zero-order valence-corrected chi connectivity index (χ0v) is 15.5. The van der Waals surface area contributed by atoms with Crippen LogP contribution in [0, 0.1) is 17.0 Å². The fourth-order valence-electron chi connectivity index (χ4n) is 2.48. The molecule has 0 heterocycles. The van der Waals surface area contributed by atoms with Crippen molar-refractivity contribution in [3.8, 4) is 0 Å². The monoisotopic (exact) mass is 420 g/mol. The van der Waals surface area contributed by atoms with Gasteiger partial charge in [0.05, 0.1) is 15.2 Å². The minimum Gasteiger partial charge on any atom is -0.273 e. The van der Waals surface area contributed by atoms with Crippen LogP contribution in [0.25, 0.3) is 10.8 Å². The second-order valence-electron chi connectivity index (χ2n) is 5.50. The number of benzene rings is 3. The Morgan fingerprint density at radius 2 is 1.72 bits per heavy atom. The molecule has 1 N–H and O–H groups in total. The van der Waals surface area contributed by atoms with Gasteiger partial charge in [0.15, 0.2) is 0 Å². The lowest BCUT2D eigenvalue weighted by atomic mass is 10.1. The Morgan fingerprint density at radius 3 is 2.36 bits per heavy atom. The summed E-state index contributed by atoms with van der Waals surface area (Å²) in [4.78, 5) is 11.0. The molecule has 3 aromatic rings. The summed E-state index contributed by atoms with van der Waals surface area (Å²) in [5.41, 5.74) is 0.572. The van der Waals surface area contributed by atoms with E-state index in [9.17, 15) is 18.5 Å². The van der Waals surface area contributed by atoms with Crippen LogP contribution in [0.3, 0.4) is 0 Å². The van der Waals surface area contributed by atoms with Gasteiger partial charge in [-0.05, 0) is 48.7 Å². The number of halogens is 1. The Labute approximate surface area is 152 Å². The van der Waals surface area contributed by atoms with Crippen LogP contribution in [-0.2, 0) is 10.0 Å². The summed E-state index contributed by atoms with van der Waals surface area (Å²) in [6.45, 7) is 1.84. The van der Waals surface area contributed by atoms with Gasteiger partial charge in [-0.25, -0.2) is 8.42 Å². The van der Waals surface area contributed by atoms with Crippen LogP contribution in [0.5, 0.6) is 0 Å². The van der Waals surface area contributed by atoms with Gasteiger partial charge in [0.1, 0.15) is 5.69 Å². The molecule has 0 atom stereocenters. The SMILES string of the molecule is Cc1ccc(S(=O)(=O)Nc2ccc3cc(Br)ccc3c2[N+](=O)[O-])cc1. The van der Waals surface area contributed by atoms with Crippen molar-refractivity contribution in [1.29, 1.82) is 0 Å². The minimum absolute atomic E-state index is 0.0447. The quantitative estimate of drug-likeness (QED) is 0.492.